The predicted molar refractivity (Wildman–Crippen MR) is 71.0 cm³/mol. The lowest BCUT2D eigenvalue weighted by Gasteiger charge is -2.14. The van der Waals surface area contributed by atoms with E-state index in [1.165, 1.54) is 11.3 Å². The third-order valence-corrected chi connectivity index (χ3v) is 3.02. The van der Waals surface area contributed by atoms with Crippen LogP contribution in [0.1, 0.15) is 15.5 Å². The molecule has 98 valence electrons. The number of amides is 1. The maximum atomic E-state index is 11.9. The van der Waals surface area contributed by atoms with Crippen molar-refractivity contribution in [3.8, 4) is 0 Å². The van der Waals surface area contributed by atoms with Gasteiger partial charge in [0.05, 0.1) is 11.6 Å². The number of carbonyl (C=O) groups is 1. The van der Waals surface area contributed by atoms with Crippen LogP contribution >= 0.6 is 23.7 Å². The molecule has 0 fully saturated rings. The molecule has 5 nitrogen and oxygen atoms in total. The summed E-state index contributed by atoms with van der Waals surface area (Å²) < 4.78 is 4.91. The highest BCUT2D eigenvalue weighted by molar-refractivity contribution is 7.09. The second-order valence-corrected chi connectivity index (χ2v) is 4.33. The van der Waals surface area contributed by atoms with Crippen molar-refractivity contribution in [2.75, 3.05) is 33.9 Å². The first kappa shape index (κ1) is 16.3. The maximum Gasteiger partial charge on any atom is 0.273 e. The average Bonchev–Trinajstić information content (AvgIpc) is 2.74. The number of rotatable bonds is 6. The van der Waals surface area contributed by atoms with Crippen molar-refractivity contribution in [1.82, 2.24) is 9.88 Å². The molecule has 1 aromatic heterocycles. The Labute approximate surface area is 111 Å². The van der Waals surface area contributed by atoms with Gasteiger partial charge >= 0.3 is 0 Å². The van der Waals surface area contributed by atoms with Crippen LogP contribution in [-0.4, -0.2) is 49.6 Å². The highest BCUT2D eigenvalue weighted by Gasteiger charge is 2.14. The van der Waals surface area contributed by atoms with Crippen LogP contribution in [0, 0.1) is 0 Å². The quantitative estimate of drug-likeness (QED) is 0.836. The van der Waals surface area contributed by atoms with Gasteiger partial charge in [-0.3, -0.25) is 4.79 Å². The molecule has 1 rings (SSSR count). The van der Waals surface area contributed by atoms with Gasteiger partial charge in [0.1, 0.15) is 5.69 Å². The molecule has 2 N–H and O–H groups in total. The second kappa shape index (κ2) is 8.41. The highest BCUT2D eigenvalue weighted by atomic mass is 35.5. The molecule has 0 saturated carbocycles. The zero-order valence-corrected chi connectivity index (χ0v) is 11.6. The van der Waals surface area contributed by atoms with Gasteiger partial charge < -0.3 is 15.4 Å². The summed E-state index contributed by atoms with van der Waals surface area (Å²) in [5.74, 6) is -0.0726. The monoisotopic (exact) mass is 279 g/mol. The molecule has 0 aliphatic rings. The van der Waals surface area contributed by atoms with Gasteiger partial charge in [-0.15, -0.1) is 23.7 Å². The number of hydrogen-bond acceptors (Lipinski definition) is 5. The average molecular weight is 280 g/mol. The van der Waals surface area contributed by atoms with E-state index in [4.69, 9.17) is 10.5 Å². The van der Waals surface area contributed by atoms with Crippen LogP contribution in [0.4, 0.5) is 0 Å². The Kier molecular flexibility index (Phi) is 8.07. The zero-order chi connectivity index (χ0) is 12.0. The molecule has 0 atom stereocenters. The predicted octanol–water partition coefficient (Wildman–Crippen LogP) is 0.784. The summed E-state index contributed by atoms with van der Waals surface area (Å²) in [5, 5.41) is 2.68. The molecule has 0 aromatic carbocycles. The summed E-state index contributed by atoms with van der Waals surface area (Å²) in [6.07, 6.45) is 0.722. The van der Waals surface area contributed by atoms with Gasteiger partial charge in [-0.05, 0) is 6.54 Å². The number of aromatic nitrogens is 1. The van der Waals surface area contributed by atoms with Crippen LogP contribution in [0.5, 0.6) is 0 Å². The van der Waals surface area contributed by atoms with E-state index >= 15 is 0 Å². The number of ether oxygens (including phenoxy) is 1. The minimum absolute atomic E-state index is 0. The Bertz CT molecular complexity index is 346. The number of carbonyl (C=O) groups excluding carboxylic acids is 1. The van der Waals surface area contributed by atoms with Crippen LogP contribution in [-0.2, 0) is 11.2 Å². The fraction of sp³-hybridized carbons (Fsp3) is 0.600. The van der Waals surface area contributed by atoms with Gasteiger partial charge in [0.25, 0.3) is 5.91 Å². The number of hydrogen-bond donors (Lipinski definition) is 1. The molecule has 17 heavy (non-hydrogen) atoms. The molecule has 0 unspecified atom stereocenters. The standard InChI is InChI=1S/C10H17N3O2S.ClH/c1-13(5-6-15-2)10(14)8-7-16-9(12-8)3-4-11;/h7H,3-6,11H2,1-2H3;1H. The van der Waals surface area contributed by atoms with Crippen LogP contribution in [0.3, 0.4) is 0 Å². The van der Waals surface area contributed by atoms with E-state index in [-0.39, 0.29) is 18.3 Å². The summed E-state index contributed by atoms with van der Waals surface area (Å²) in [6, 6.07) is 0. The zero-order valence-electron chi connectivity index (χ0n) is 10.0. The lowest BCUT2D eigenvalue weighted by molar-refractivity contribution is 0.0739. The number of methoxy groups -OCH3 is 1. The molecule has 1 heterocycles. The molecule has 1 aromatic rings. The minimum Gasteiger partial charge on any atom is -0.383 e. The number of nitrogens with zero attached hydrogens (tertiary/aromatic N) is 2. The molecule has 0 saturated heterocycles. The third-order valence-electron chi connectivity index (χ3n) is 2.11. The normalized spacial score (nSPS) is 9.82. The van der Waals surface area contributed by atoms with Crippen molar-refractivity contribution in [2.24, 2.45) is 5.73 Å². The van der Waals surface area contributed by atoms with Crippen molar-refractivity contribution in [3.05, 3.63) is 16.1 Å². The van der Waals surface area contributed by atoms with E-state index in [0.717, 1.165) is 11.4 Å². The maximum absolute atomic E-state index is 11.9. The summed E-state index contributed by atoms with van der Waals surface area (Å²) in [7, 11) is 3.35. The summed E-state index contributed by atoms with van der Waals surface area (Å²) in [5.41, 5.74) is 5.92. The van der Waals surface area contributed by atoms with Gasteiger partial charge in [-0.25, -0.2) is 4.98 Å². The van der Waals surface area contributed by atoms with Crippen molar-refractivity contribution < 1.29 is 9.53 Å². The number of halogens is 1. The first-order valence-corrected chi connectivity index (χ1v) is 5.96. The van der Waals surface area contributed by atoms with E-state index in [0.29, 0.717) is 25.4 Å². The van der Waals surface area contributed by atoms with Crippen molar-refractivity contribution in [1.29, 1.82) is 0 Å². The van der Waals surface area contributed by atoms with Crippen LogP contribution in [0.2, 0.25) is 0 Å². The van der Waals surface area contributed by atoms with Crippen molar-refractivity contribution in [3.63, 3.8) is 0 Å². The van der Waals surface area contributed by atoms with E-state index in [1.54, 1.807) is 24.4 Å². The second-order valence-electron chi connectivity index (χ2n) is 3.38. The summed E-state index contributed by atoms with van der Waals surface area (Å²) in [4.78, 5) is 17.7. The van der Waals surface area contributed by atoms with Crippen LogP contribution in [0.15, 0.2) is 5.38 Å². The van der Waals surface area contributed by atoms with Gasteiger partial charge in [0, 0.05) is 32.5 Å². The van der Waals surface area contributed by atoms with Gasteiger partial charge in [0.2, 0.25) is 0 Å². The first-order chi connectivity index (χ1) is 7.69. The molecule has 0 bridgehead atoms. The summed E-state index contributed by atoms with van der Waals surface area (Å²) >= 11 is 1.47. The topological polar surface area (TPSA) is 68.5 Å². The van der Waals surface area contributed by atoms with Gasteiger partial charge in [-0.1, -0.05) is 0 Å². The molecule has 0 aliphatic heterocycles. The lowest BCUT2D eigenvalue weighted by atomic mass is 10.4. The number of nitrogens with two attached hydrogens (primary N) is 1. The molecule has 0 spiro atoms. The van der Waals surface area contributed by atoms with Gasteiger partial charge in [-0.2, -0.15) is 0 Å². The molecule has 7 heteroatoms. The Morgan fingerprint density at radius 3 is 2.94 bits per heavy atom. The van der Waals surface area contributed by atoms with Crippen LogP contribution in [0.25, 0.3) is 0 Å². The van der Waals surface area contributed by atoms with Gasteiger partial charge in [0.15, 0.2) is 0 Å². The number of likely N-dealkylation sites (N-methyl/N-ethyl adjacent to an activating group) is 1. The Balaban J connectivity index is 0.00000256. The largest absolute Gasteiger partial charge is 0.383 e. The van der Waals surface area contributed by atoms with Crippen LogP contribution < -0.4 is 5.73 Å². The third kappa shape index (κ3) is 4.99. The SMILES string of the molecule is COCCN(C)C(=O)c1csc(CCN)n1.Cl. The number of thiazole rings is 1. The molecule has 0 aliphatic carbocycles. The van der Waals surface area contributed by atoms with E-state index in [9.17, 15) is 4.79 Å². The van der Waals surface area contributed by atoms with E-state index < -0.39 is 0 Å². The Morgan fingerprint density at radius 2 is 2.35 bits per heavy atom. The molecular formula is C10H18ClN3O2S. The fourth-order valence-electron chi connectivity index (χ4n) is 1.17. The Hall–Kier alpha value is -0.690. The van der Waals surface area contributed by atoms with Crippen molar-refractivity contribution in [2.45, 2.75) is 6.42 Å². The minimum atomic E-state index is -0.0726. The van der Waals surface area contributed by atoms with Crippen molar-refractivity contribution >= 4 is 29.7 Å². The summed E-state index contributed by atoms with van der Waals surface area (Å²) in [6.45, 7) is 1.65. The molecular weight excluding hydrogens is 262 g/mol. The first-order valence-electron chi connectivity index (χ1n) is 5.08. The van der Waals surface area contributed by atoms with E-state index in [2.05, 4.69) is 4.98 Å². The Morgan fingerprint density at radius 1 is 1.65 bits per heavy atom. The molecule has 0 radical (unpaired) electrons. The fourth-order valence-corrected chi connectivity index (χ4v) is 1.96. The highest BCUT2D eigenvalue weighted by Crippen LogP contribution is 2.11. The smallest absolute Gasteiger partial charge is 0.273 e. The molecule has 1 amide bonds. The lowest BCUT2D eigenvalue weighted by Crippen LogP contribution is -2.30. The van der Waals surface area contributed by atoms with E-state index in [1.807, 2.05) is 0 Å².